The number of pyridine rings is 2. The molecule has 0 aliphatic heterocycles. The highest BCUT2D eigenvalue weighted by Crippen LogP contribution is 2.31. The number of nitrogens with zero attached hydrogens (tertiary/aromatic N) is 2. The lowest BCUT2D eigenvalue weighted by atomic mass is 10.2. The van der Waals surface area contributed by atoms with E-state index in [0.717, 1.165) is 10.8 Å². The van der Waals surface area contributed by atoms with E-state index in [-0.39, 0.29) is 26.5 Å². The third-order valence-corrected chi connectivity index (χ3v) is 6.42. The lowest BCUT2D eigenvalue weighted by Crippen LogP contribution is -2.13. The van der Waals surface area contributed by atoms with E-state index in [0.29, 0.717) is 10.9 Å². The van der Waals surface area contributed by atoms with Gasteiger partial charge >= 0.3 is 0 Å². The lowest BCUT2D eigenvalue weighted by molar-refractivity contribution is 0.446. The predicted octanol–water partition coefficient (Wildman–Crippen LogP) is 6.18. The zero-order valence-corrected chi connectivity index (χ0v) is 18.1. The van der Waals surface area contributed by atoms with E-state index in [4.69, 9.17) is 39.5 Å². The molecule has 0 bridgehead atoms. The Labute approximate surface area is 187 Å². The van der Waals surface area contributed by atoms with Crippen LogP contribution in [0.5, 0.6) is 11.8 Å². The molecule has 4 rings (SSSR count). The van der Waals surface area contributed by atoms with Crippen molar-refractivity contribution < 1.29 is 13.2 Å². The van der Waals surface area contributed by atoms with E-state index in [1.165, 1.54) is 30.5 Å². The zero-order valence-electron chi connectivity index (χ0n) is 15.0. The number of fused-ring (bicyclic) bond motifs is 1. The fourth-order valence-electron chi connectivity index (χ4n) is 2.68. The zero-order chi connectivity index (χ0) is 21.3. The van der Waals surface area contributed by atoms with Crippen LogP contribution in [0.2, 0.25) is 15.1 Å². The standard InChI is InChI=1S/C20H12Cl3N3O3S/c21-14-5-6-18(16(22)8-14)30(27,28)26-15-9-17(23)20(25-11-15)29-19-7-12-3-1-2-4-13(12)10-24-19/h1-11,26H. The summed E-state index contributed by atoms with van der Waals surface area (Å²) in [6, 6.07) is 14.9. The number of rotatable bonds is 5. The Bertz CT molecular complexity index is 1360. The number of aromatic nitrogens is 2. The molecule has 30 heavy (non-hydrogen) atoms. The van der Waals surface area contributed by atoms with E-state index in [1.54, 1.807) is 12.3 Å². The van der Waals surface area contributed by atoms with E-state index in [1.807, 2.05) is 24.3 Å². The minimum atomic E-state index is -3.97. The van der Waals surface area contributed by atoms with Gasteiger partial charge in [-0.2, -0.15) is 0 Å². The average Bonchev–Trinajstić information content (AvgIpc) is 2.69. The minimum absolute atomic E-state index is 0.00334. The maximum atomic E-state index is 12.6. The number of sulfonamides is 1. The first-order valence-electron chi connectivity index (χ1n) is 8.48. The van der Waals surface area contributed by atoms with Gasteiger partial charge in [0.25, 0.3) is 10.0 Å². The van der Waals surface area contributed by atoms with Crippen molar-refractivity contribution in [2.75, 3.05) is 4.72 Å². The summed E-state index contributed by atoms with van der Waals surface area (Å²) in [5.74, 6) is 0.399. The first-order valence-corrected chi connectivity index (χ1v) is 11.1. The maximum Gasteiger partial charge on any atom is 0.263 e. The van der Waals surface area contributed by atoms with E-state index in [9.17, 15) is 8.42 Å². The van der Waals surface area contributed by atoms with Gasteiger partial charge in [-0.15, -0.1) is 0 Å². The van der Waals surface area contributed by atoms with Crippen LogP contribution in [0, 0.1) is 0 Å². The molecule has 0 radical (unpaired) electrons. The Hall–Kier alpha value is -2.58. The molecule has 2 aromatic carbocycles. The van der Waals surface area contributed by atoms with E-state index in [2.05, 4.69) is 14.7 Å². The second kappa shape index (κ2) is 8.28. The SMILES string of the molecule is O=S(=O)(Nc1cnc(Oc2cc3ccccc3cn2)c(Cl)c1)c1ccc(Cl)cc1Cl. The average molecular weight is 481 g/mol. The highest BCUT2D eigenvalue weighted by molar-refractivity contribution is 7.92. The van der Waals surface area contributed by atoms with Gasteiger partial charge in [0.15, 0.2) is 0 Å². The summed E-state index contributed by atoms with van der Waals surface area (Å²) in [6.07, 6.45) is 2.96. The molecule has 2 aromatic heterocycles. The molecule has 6 nitrogen and oxygen atoms in total. The molecule has 0 fully saturated rings. The van der Waals surface area contributed by atoms with E-state index < -0.39 is 10.0 Å². The Morgan fingerprint density at radius 1 is 0.833 bits per heavy atom. The number of hydrogen-bond acceptors (Lipinski definition) is 5. The Morgan fingerprint density at radius 2 is 1.60 bits per heavy atom. The molecular formula is C20H12Cl3N3O3S. The third-order valence-electron chi connectivity index (χ3n) is 4.05. The molecule has 0 amide bonds. The van der Waals surface area contributed by atoms with Crippen LogP contribution in [-0.2, 0) is 10.0 Å². The summed E-state index contributed by atoms with van der Waals surface area (Å²) in [6.45, 7) is 0. The fraction of sp³-hybridized carbons (Fsp3) is 0. The number of anilines is 1. The molecule has 10 heteroatoms. The van der Waals surface area contributed by atoms with Crippen LogP contribution >= 0.6 is 34.8 Å². The van der Waals surface area contributed by atoms with Crippen LogP contribution in [0.15, 0.2) is 71.9 Å². The van der Waals surface area contributed by atoms with Gasteiger partial charge in [0.1, 0.15) is 9.92 Å². The molecule has 1 N–H and O–H groups in total. The topological polar surface area (TPSA) is 81.2 Å². The Balaban J connectivity index is 1.56. The van der Waals surface area contributed by atoms with Crippen molar-refractivity contribution >= 4 is 61.3 Å². The molecule has 0 aliphatic rings. The summed E-state index contributed by atoms with van der Waals surface area (Å²) in [4.78, 5) is 8.20. The smallest absolute Gasteiger partial charge is 0.263 e. The second-order valence-corrected chi connectivity index (χ2v) is 9.06. The monoisotopic (exact) mass is 479 g/mol. The largest absolute Gasteiger partial charge is 0.419 e. The van der Waals surface area contributed by atoms with E-state index >= 15 is 0 Å². The molecular weight excluding hydrogens is 469 g/mol. The minimum Gasteiger partial charge on any atom is -0.419 e. The molecule has 0 aliphatic carbocycles. The van der Waals surface area contributed by atoms with Gasteiger partial charge in [-0.1, -0.05) is 59.1 Å². The molecule has 4 aromatic rings. The quantitative estimate of drug-likeness (QED) is 0.369. The molecule has 0 saturated heterocycles. The van der Waals surface area contributed by atoms with Gasteiger partial charge in [0, 0.05) is 22.7 Å². The van der Waals surface area contributed by atoms with Gasteiger partial charge in [0.2, 0.25) is 11.8 Å². The Morgan fingerprint density at radius 3 is 2.33 bits per heavy atom. The molecule has 152 valence electrons. The van der Waals surface area contributed by atoms with Crippen LogP contribution < -0.4 is 9.46 Å². The fourth-order valence-corrected chi connectivity index (χ4v) is 4.69. The van der Waals surface area contributed by atoms with Gasteiger partial charge in [-0.05, 0) is 29.7 Å². The number of hydrogen-bond donors (Lipinski definition) is 1. The maximum absolute atomic E-state index is 12.6. The number of nitrogens with one attached hydrogen (secondary N) is 1. The van der Waals surface area contributed by atoms with Gasteiger partial charge in [-0.3, -0.25) is 4.72 Å². The summed E-state index contributed by atoms with van der Waals surface area (Å²) in [7, 11) is -3.97. The van der Waals surface area contributed by atoms with Crippen LogP contribution in [0.25, 0.3) is 10.8 Å². The highest BCUT2D eigenvalue weighted by atomic mass is 35.5. The van der Waals surface area contributed by atoms with Crippen molar-refractivity contribution in [1.29, 1.82) is 0 Å². The van der Waals surface area contributed by atoms with Crippen LogP contribution in [-0.4, -0.2) is 18.4 Å². The van der Waals surface area contributed by atoms with Crippen molar-refractivity contribution in [1.82, 2.24) is 9.97 Å². The first kappa shape index (κ1) is 20.7. The van der Waals surface area contributed by atoms with Crippen molar-refractivity contribution in [3.63, 3.8) is 0 Å². The number of benzene rings is 2. The normalized spacial score (nSPS) is 11.4. The summed E-state index contributed by atoms with van der Waals surface area (Å²) in [5.41, 5.74) is 0.143. The summed E-state index contributed by atoms with van der Waals surface area (Å²) in [5, 5.41) is 2.34. The van der Waals surface area contributed by atoms with Gasteiger partial charge < -0.3 is 4.74 Å². The van der Waals surface area contributed by atoms with Gasteiger partial charge in [-0.25, -0.2) is 18.4 Å². The number of halogens is 3. The predicted molar refractivity (Wildman–Crippen MR) is 118 cm³/mol. The third kappa shape index (κ3) is 4.44. The van der Waals surface area contributed by atoms with Crippen LogP contribution in [0.4, 0.5) is 5.69 Å². The van der Waals surface area contributed by atoms with Crippen molar-refractivity contribution in [3.05, 3.63) is 82.1 Å². The summed E-state index contributed by atoms with van der Waals surface area (Å²) >= 11 is 18.0. The molecule has 0 spiro atoms. The van der Waals surface area contributed by atoms with Crippen LogP contribution in [0.3, 0.4) is 0 Å². The lowest BCUT2D eigenvalue weighted by Gasteiger charge is -2.11. The summed E-state index contributed by atoms with van der Waals surface area (Å²) < 4.78 is 33.2. The molecule has 0 saturated carbocycles. The first-order chi connectivity index (χ1) is 14.3. The van der Waals surface area contributed by atoms with Gasteiger partial charge in [0.05, 0.1) is 16.9 Å². The van der Waals surface area contributed by atoms with Crippen molar-refractivity contribution in [2.24, 2.45) is 0 Å². The second-order valence-electron chi connectivity index (χ2n) is 6.16. The molecule has 2 heterocycles. The van der Waals surface area contributed by atoms with Crippen LogP contribution in [0.1, 0.15) is 0 Å². The van der Waals surface area contributed by atoms with Crippen molar-refractivity contribution in [3.8, 4) is 11.8 Å². The van der Waals surface area contributed by atoms with Crippen molar-refractivity contribution in [2.45, 2.75) is 4.90 Å². The Kier molecular flexibility index (Phi) is 5.71. The highest BCUT2D eigenvalue weighted by Gasteiger charge is 2.19. The molecule has 0 unspecified atom stereocenters. The number of ether oxygens (including phenoxy) is 1. The molecule has 0 atom stereocenters.